The highest BCUT2D eigenvalue weighted by atomic mass is 16.5. The third kappa shape index (κ3) is 4.59. The predicted octanol–water partition coefficient (Wildman–Crippen LogP) is -0.358. The Balaban J connectivity index is 2.26. The minimum atomic E-state index is -1.19. The smallest absolute Gasteiger partial charge is 0.254 e. The van der Waals surface area contributed by atoms with Gasteiger partial charge in [-0.15, -0.1) is 0 Å². The third-order valence-corrected chi connectivity index (χ3v) is 2.25. The van der Waals surface area contributed by atoms with Crippen molar-refractivity contribution in [2.24, 2.45) is 0 Å². The van der Waals surface area contributed by atoms with Crippen LogP contribution in [-0.4, -0.2) is 55.8 Å². The molecule has 0 saturated carbocycles. The lowest BCUT2D eigenvalue weighted by molar-refractivity contribution is -0.135. The van der Waals surface area contributed by atoms with Gasteiger partial charge in [-0.25, -0.2) is 5.11 Å². The van der Waals surface area contributed by atoms with Crippen molar-refractivity contribution in [1.29, 1.82) is 0 Å². The van der Waals surface area contributed by atoms with Crippen LogP contribution in [0.25, 0.3) is 0 Å². The molecule has 0 spiro atoms. The summed E-state index contributed by atoms with van der Waals surface area (Å²) in [5.41, 5.74) is 0. The van der Waals surface area contributed by atoms with E-state index in [1.165, 1.54) is 0 Å². The first-order valence-corrected chi connectivity index (χ1v) is 5.36. The van der Waals surface area contributed by atoms with Gasteiger partial charge in [-0.1, -0.05) is 0 Å². The Morgan fingerprint density at radius 3 is 2.53 bits per heavy atom. The summed E-state index contributed by atoms with van der Waals surface area (Å²) in [5.74, 6) is -0.406. The first-order chi connectivity index (χ1) is 7.09. The molecule has 1 radical (unpaired) electrons. The molecular weight excluding hydrogens is 196 g/mol. The van der Waals surface area contributed by atoms with Gasteiger partial charge in [-0.05, 0) is 13.8 Å². The Morgan fingerprint density at radius 1 is 1.40 bits per heavy atom. The van der Waals surface area contributed by atoms with Crippen LogP contribution < -0.4 is 5.32 Å². The fraction of sp³-hybridized carbons (Fsp3) is 0.900. The summed E-state index contributed by atoms with van der Waals surface area (Å²) >= 11 is 0. The zero-order valence-electron chi connectivity index (χ0n) is 9.36. The van der Waals surface area contributed by atoms with Crippen LogP contribution in [0.5, 0.6) is 0 Å². The summed E-state index contributed by atoms with van der Waals surface area (Å²) in [5, 5.41) is 14.2. The summed E-state index contributed by atoms with van der Waals surface area (Å²) in [6.45, 7) is 6.76. The van der Waals surface area contributed by atoms with Gasteiger partial charge in [0.15, 0.2) is 6.10 Å². The Bertz CT molecular complexity index is 203. The van der Waals surface area contributed by atoms with E-state index < -0.39 is 12.0 Å². The van der Waals surface area contributed by atoms with E-state index in [-0.39, 0.29) is 12.6 Å². The van der Waals surface area contributed by atoms with Gasteiger partial charge in [0.25, 0.3) is 5.91 Å². The lowest BCUT2D eigenvalue weighted by atomic mass is 10.2. The fourth-order valence-corrected chi connectivity index (χ4v) is 1.48. The molecule has 1 saturated heterocycles. The van der Waals surface area contributed by atoms with E-state index in [0.29, 0.717) is 13.2 Å². The average Bonchev–Trinajstić information content (AvgIpc) is 2.18. The Kier molecular flexibility index (Phi) is 5.01. The predicted molar refractivity (Wildman–Crippen MR) is 55.0 cm³/mol. The zero-order valence-corrected chi connectivity index (χ0v) is 9.36. The van der Waals surface area contributed by atoms with E-state index >= 15 is 0 Å². The van der Waals surface area contributed by atoms with Crippen molar-refractivity contribution in [2.45, 2.75) is 26.0 Å². The van der Waals surface area contributed by atoms with Gasteiger partial charge < -0.3 is 10.1 Å². The van der Waals surface area contributed by atoms with Gasteiger partial charge in [0, 0.05) is 25.7 Å². The van der Waals surface area contributed by atoms with E-state index in [1.807, 2.05) is 18.7 Å². The van der Waals surface area contributed by atoms with Gasteiger partial charge in [0.1, 0.15) is 0 Å². The molecule has 1 atom stereocenters. The molecule has 0 aromatic carbocycles. The highest BCUT2D eigenvalue weighted by molar-refractivity contribution is 5.80. The molecule has 1 unspecified atom stereocenters. The number of rotatable bonds is 4. The van der Waals surface area contributed by atoms with Gasteiger partial charge in [-0.2, -0.15) is 0 Å². The lowest BCUT2D eigenvalue weighted by Crippen LogP contribution is -2.47. The molecule has 5 nitrogen and oxygen atoms in total. The van der Waals surface area contributed by atoms with Gasteiger partial charge in [0.05, 0.1) is 13.2 Å². The van der Waals surface area contributed by atoms with Crippen LogP contribution in [0.15, 0.2) is 0 Å². The van der Waals surface area contributed by atoms with E-state index in [9.17, 15) is 9.90 Å². The number of hydrogen-bond donors (Lipinski definition) is 1. The van der Waals surface area contributed by atoms with E-state index in [4.69, 9.17) is 4.74 Å². The van der Waals surface area contributed by atoms with Crippen molar-refractivity contribution < 1.29 is 14.6 Å². The monoisotopic (exact) mass is 215 g/mol. The van der Waals surface area contributed by atoms with E-state index in [2.05, 4.69) is 5.32 Å². The van der Waals surface area contributed by atoms with Crippen LogP contribution in [0.1, 0.15) is 13.8 Å². The van der Waals surface area contributed by atoms with Crippen molar-refractivity contribution in [3.8, 4) is 0 Å². The minimum absolute atomic E-state index is 0.0265. The van der Waals surface area contributed by atoms with Crippen molar-refractivity contribution in [3.05, 3.63) is 0 Å². The maximum Gasteiger partial charge on any atom is 0.254 e. The molecule has 87 valence electrons. The van der Waals surface area contributed by atoms with Crippen molar-refractivity contribution in [1.82, 2.24) is 10.2 Å². The number of ether oxygens (including phenoxy) is 1. The summed E-state index contributed by atoms with van der Waals surface area (Å²) in [6.07, 6.45) is -1.19. The Labute approximate surface area is 90.4 Å². The number of carbonyl (C=O) groups excluding carboxylic acids is 1. The van der Waals surface area contributed by atoms with Crippen LogP contribution in [0, 0.1) is 0 Å². The second-order valence-corrected chi connectivity index (χ2v) is 4.06. The quantitative estimate of drug-likeness (QED) is 0.697. The molecule has 0 bridgehead atoms. The number of morpholine rings is 1. The van der Waals surface area contributed by atoms with Crippen LogP contribution in [-0.2, 0) is 14.6 Å². The largest absolute Gasteiger partial charge is 0.379 e. The SMILES string of the molecule is CC(C)NC(=O)C([O])CN1CCOCC1. The number of nitrogens with zero attached hydrogens (tertiary/aromatic N) is 1. The number of hydrogen-bond acceptors (Lipinski definition) is 3. The maximum absolute atomic E-state index is 11.5. The molecule has 1 fully saturated rings. The van der Waals surface area contributed by atoms with Crippen LogP contribution >= 0.6 is 0 Å². The first kappa shape index (κ1) is 12.4. The Hall–Kier alpha value is -0.650. The van der Waals surface area contributed by atoms with Crippen LogP contribution in [0.4, 0.5) is 0 Å². The number of carbonyl (C=O) groups is 1. The zero-order chi connectivity index (χ0) is 11.3. The highest BCUT2D eigenvalue weighted by Crippen LogP contribution is 1.99. The highest BCUT2D eigenvalue weighted by Gasteiger charge is 2.22. The van der Waals surface area contributed by atoms with Crippen molar-refractivity contribution in [3.63, 3.8) is 0 Å². The standard InChI is InChI=1S/C10H19N2O3/c1-8(2)11-10(14)9(13)7-12-3-5-15-6-4-12/h8-9H,3-7H2,1-2H3,(H,11,14). The van der Waals surface area contributed by atoms with Crippen LogP contribution in [0.3, 0.4) is 0 Å². The molecule has 1 aliphatic heterocycles. The molecule has 1 amide bonds. The number of amides is 1. The molecule has 0 aliphatic carbocycles. The molecule has 1 heterocycles. The second kappa shape index (κ2) is 6.05. The third-order valence-electron chi connectivity index (χ3n) is 2.25. The molecule has 0 aromatic rings. The van der Waals surface area contributed by atoms with Gasteiger partial charge >= 0.3 is 0 Å². The normalized spacial score (nSPS) is 20.3. The summed E-state index contributed by atoms with van der Waals surface area (Å²) in [6, 6.07) is 0.0265. The molecule has 0 aromatic heterocycles. The van der Waals surface area contributed by atoms with Crippen LogP contribution in [0.2, 0.25) is 0 Å². The molecular formula is C10H19N2O3. The molecule has 15 heavy (non-hydrogen) atoms. The maximum atomic E-state index is 11.5. The molecule has 1 rings (SSSR count). The summed E-state index contributed by atoms with van der Waals surface area (Å²) < 4.78 is 5.16. The fourth-order valence-electron chi connectivity index (χ4n) is 1.48. The topological polar surface area (TPSA) is 61.5 Å². The molecule has 5 heteroatoms. The second-order valence-electron chi connectivity index (χ2n) is 4.06. The van der Waals surface area contributed by atoms with E-state index in [0.717, 1.165) is 13.1 Å². The summed E-state index contributed by atoms with van der Waals surface area (Å²) in [4.78, 5) is 13.3. The Morgan fingerprint density at radius 2 is 2.00 bits per heavy atom. The van der Waals surface area contributed by atoms with Gasteiger partial charge in [-0.3, -0.25) is 9.69 Å². The average molecular weight is 215 g/mol. The van der Waals surface area contributed by atoms with E-state index in [1.54, 1.807) is 0 Å². The number of nitrogens with one attached hydrogen (secondary N) is 1. The summed E-state index contributed by atoms with van der Waals surface area (Å²) in [7, 11) is 0. The molecule has 1 aliphatic rings. The van der Waals surface area contributed by atoms with Crippen molar-refractivity contribution in [2.75, 3.05) is 32.8 Å². The van der Waals surface area contributed by atoms with Gasteiger partial charge in [0.2, 0.25) is 0 Å². The lowest BCUT2D eigenvalue weighted by Gasteiger charge is -2.27. The minimum Gasteiger partial charge on any atom is -0.379 e. The molecule has 1 N–H and O–H groups in total. The van der Waals surface area contributed by atoms with Crippen molar-refractivity contribution >= 4 is 5.91 Å². The first-order valence-electron chi connectivity index (χ1n) is 5.36.